The second-order valence-corrected chi connectivity index (χ2v) is 9.93. The number of amidine groups is 1. The summed E-state index contributed by atoms with van der Waals surface area (Å²) >= 11 is 3.62. The van der Waals surface area contributed by atoms with Gasteiger partial charge in [0.05, 0.1) is 5.57 Å². The smallest absolute Gasteiger partial charge is 0.228 e. The van der Waals surface area contributed by atoms with Crippen LogP contribution in [0.4, 0.5) is 0 Å². The second-order valence-electron chi connectivity index (χ2n) is 9.02. The maximum Gasteiger partial charge on any atom is 0.228 e. The normalized spacial score (nSPS) is 20.3. The summed E-state index contributed by atoms with van der Waals surface area (Å²) in [5, 5.41) is 4.25. The van der Waals surface area contributed by atoms with Crippen LogP contribution in [0.25, 0.3) is 10.8 Å². The maximum atomic E-state index is 6.43. The minimum Gasteiger partial charge on any atom is -0.438 e. The van der Waals surface area contributed by atoms with Crippen LogP contribution in [0.1, 0.15) is 34.3 Å². The highest BCUT2D eigenvalue weighted by Gasteiger charge is 2.41. The molecule has 4 aromatic rings. The zero-order valence-corrected chi connectivity index (χ0v) is 20.5. The summed E-state index contributed by atoms with van der Waals surface area (Å²) < 4.78 is 7.49. The Hall–Kier alpha value is -3.74. The van der Waals surface area contributed by atoms with E-state index in [9.17, 15) is 0 Å². The molecule has 0 amide bonds. The highest BCUT2D eigenvalue weighted by molar-refractivity contribution is 9.10. The third-order valence-corrected chi connectivity index (χ3v) is 7.29. The van der Waals surface area contributed by atoms with Crippen molar-refractivity contribution in [3.05, 3.63) is 123 Å². The third-order valence-electron chi connectivity index (χ3n) is 6.80. The first-order valence-corrected chi connectivity index (χ1v) is 12.4. The number of hydrogen-bond donors (Lipinski definition) is 1. The van der Waals surface area contributed by atoms with Crippen molar-refractivity contribution >= 4 is 38.9 Å². The molecule has 5 nitrogen and oxygen atoms in total. The quantitative estimate of drug-likeness (QED) is 0.323. The van der Waals surface area contributed by atoms with Gasteiger partial charge in [-0.05, 0) is 47.0 Å². The van der Waals surface area contributed by atoms with Gasteiger partial charge in [0.25, 0.3) is 0 Å². The molecule has 0 fully saturated rings. The van der Waals surface area contributed by atoms with E-state index in [0.29, 0.717) is 5.88 Å². The van der Waals surface area contributed by atoms with E-state index in [1.807, 2.05) is 23.2 Å². The van der Waals surface area contributed by atoms with E-state index in [1.54, 1.807) is 6.34 Å². The maximum absolute atomic E-state index is 6.43. The molecule has 0 radical (unpaired) electrons. The Bertz CT molecular complexity index is 1570. The summed E-state index contributed by atoms with van der Waals surface area (Å²) in [6.45, 7) is 2.11. The average Bonchev–Trinajstić information content (AvgIpc) is 3.33. The Balaban J connectivity index is 1.46. The third kappa shape index (κ3) is 3.32. The molecule has 0 saturated carbocycles. The zero-order valence-electron chi connectivity index (χ0n) is 18.9. The largest absolute Gasteiger partial charge is 0.438 e. The number of nitrogens with zero attached hydrogens (tertiary/aromatic N) is 3. The molecule has 0 saturated heterocycles. The minimum absolute atomic E-state index is 0.0748. The van der Waals surface area contributed by atoms with E-state index in [-0.39, 0.29) is 12.1 Å². The number of ether oxygens (including phenoxy) is 1. The van der Waals surface area contributed by atoms with Crippen LogP contribution in [-0.4, -0.2) is 17.2 Å². The van der Waals surface area contributed by atoms with Crippen molar-refractivity contribution in [2.75, 3.05) is 0 Å². The second kappa shape index (κ2) is 7.90. The van der Waals surface area contributed by atoms with Crippen molar-refractivity contribution in [2.24, 2.45) is 9.98 Å². The fourth-order valence-electron chi connectivity index (χ4n) is 5.12. The molecule has 170 valence electrons. The first-order valence-electron chi connectivity index (χ1n) is 11.6. The van der Waals surface area contributed by atoms with Crippen LogP contribution in [0.15, 0.2) is 111 Å². The summed E-state index contributed by atoms with van der Waals surface area (Å²) in [6.07, 6.45) is 1.57. The number of fused-ring (bicyclic) bond motifs is 5. The molecular weight excluding hydrogens is 500 g/mol. The molecule has 3 aliphatic heterocycles. The van der Waals surface area contributed by atoms with E-state index in [1.165, 1.54) is 11.1 Å². The van der Waals surface area contributed by atoms with E-state index in [0.717, 1.165) is 43.5 Å². The van der Waals surface area contributed by atoms with Gasteiger partial charge in [0.15, 0.2) is 5.84 Å². The molecule has 7 rings (SSSR count). The van der Waals surface area contributed by atoms with E-state index in [4.69, 9.17) is 14.7 Å². The molecule has 35 heavy (non-hydrogen) atoms. The SMILES string of the molecule is Cc1ccc([C@@H]2C3=C(N=CN4N[C@H](c5ccccc5)N=C34)Oc3ccc4cc(Br)ccc4c32)cc1. The van der Waals surface area contributed by atoms with Gasteiger partial charge in [0, 0.05) is 16.0 Å². The molecule has 4 aromatic carbocycles. The van der Waals surface area contributed by atoms with E-state index >= 15 is 0 Å². The highest BCUT2D eigenvalue weighted by Crippen LogP contribution is 2.49. The average molecular weight is 521 g/mol. The Morgan fingerprint density at radius 1 is 0.914 bits per heavy atom. The van der Waals surface area contributed by atoms with E-state index < -0.39 is 0 Å². The highest BCUT2D eigenvalue weighted by atomic mass is 79.9. The standard InChI is InChI=1S/C29H21BrN4O/c1-17-7-9-18(10-8-17)24-25-22-13-12-21(30)15-20(22)11-14-23(25)35-29-26(24)28-32-27(33-34(28)16-31-29)19-5-3-2-4-6-19/h2-16,24,27,33H,1H3/t24-,27+/m0/s1. The van der Waals surface area contributed by atoms with Crippen LogP contribution in [0.5, 0.6) is 5.75 Å². The minimum atomic E-state index is -0.187. The summed E-state index contributed by atoms with van der Waals surface area (Å²) in [7, 11) is 0. The Kier molecular flexibility index (Phi) is 4.65. The van der Waals surface area contributed by atoms with Gasteiger partial charge < -0.3 is 4.74 Å². The summed E-state index contributed by atoms with van der Waals surface area (Å²) in [4.78, 5) is 9.84. The Morgan fingerprint density at radius 2 is 1.74 bits per heavy atom. The van der Waals surface area contributed by atoms with Crippen LogP contribution in [-0.2, 0) is 0 Å². The predicted molar refractivity (Wildman–Crippen MR) is 142 cm³/mol. The molecule has 0 aromatic heterocycles. The van der Waals surface area contributed by atoms with Crippen LogP contribution in [0.3, 0.4) is 0 Å². The number of hydrogen-bond acceptors (Lipinski definition) is 5. The fraction of sp³-hybridized carbons (Fsp3) is 0.103. The van der Waals surface area contributed by atoms with Gasteiger partial charge in [0.2, 0.25) is 5.88 Å². The van der Waals surface area contributed by atoms with Crippen molar-refractivity contribution in [1.82, 2.24) is 10.4 Å². The molecule has 3 aliphatic rings. The van der Waals surface area contributed by atoms with Crippen molar-refractivity contribution < 1.29 is 4.74 Å². The number of rotatable bonds is 2. The summed E-state index contributed by atoms with van der Waals surface area (Å²) in [5.41, 5.74) is 9.11. The topological polar surface area (TPSA) is 49.2 Å². The zero-order chi connectivity index (χ0) is 23.5. The van der Waals surface area contributed by atoms with Crippen molar-refractivity contribution in [3.8, 4) is 5.75 Å². The first-order chi connectivity index (χ1) is 17.2. The molecule has 1 N–H and O–H groups in total. The van der Waals surface area contributed by atoms with Gasteiger partial charge >= 0.3 is 0 Å². The number of halogens is 1. The number of benzene rings is 4. The van der Waals surface area contributed by atoms with Crippen molar-refractivity contribution in [2.45, 2.75) is 19.0 Å². The number of nitrogens with one attached hydrogen (secondary N) is 1. The summed E-state index contributed by atoms with van der Waals surface area (Å²) in [6, 6.07) is 29.6. The molecule has 2 atom stereocenters. The number of aryl methyl sites for hydroxylation is 1. The monoisotopic (exact) mass is 520 g/mol. The van der Waals surface area contributed by atoms with Crippen molar-refractivity contribution in [3.63, 3.8) is 0 Å². The fourth-order valence-corrected chi connectivity index (χ4v) is 5.50. The molecule has 0 bridgehead atoms. The molecular formula is C29H21BrN4O. The Morgan fingerprint density at radius 3 is 2.57 bits per heavy atom. The Labute approximate surface area is 211 Å². The van der Waals surface area contributed by atoms with Crippen molar-refractivity contribution in [1.29, 1.82) is 0 Å². The molecule has 3 heterocycles. The molecule has 0 unspecified atom stereocenters. The predicted octanol–water partition coefficient (Wildman–Crippen LogP) is 6.61. The first kappa shape index (κ1) is 20.6. The number of aliphatic imine (C=N–C) groups is 2. The lowest BCUT2D eigenvalue weighted by Crippen LogP contribution is -2.42. The lowest BCUT2D eigenvalue weighted by molar-refractivity contribution is 0.377. The van der Waals surface area contributed by atoms with Gasteiger partial charge in [-0.2, -0.15) is 5.43 Å². The molecule has 0 aliphatic carbocycles. The molecule has 6 heteroatoms. The van der Waals surface area contributed by atoms with Crippen LogP contribution < -0.4 is 10.2 Å². The van der Waals surface area contributed by atoms with Gasteiger partial charge in [0.1, 0.15) is 18.3 Å². The van der Waals surface area contributed by atoms with Gasteiger partial charge in [-0.15, -0.1) is 0 Å². The van der Waals surface area contributed by atoms with Gasteiger partial charge in [-0.25, -0.2) is 15.0 Å². The number of hydrazine groups is 1. The van der Waals surface area contributed by atoms with Gasteiger partial charge in [-0.1, -0.05) is 88.2 Å². The lowest BCUT2D eigenvalue weighted by Gasteiger charge is -2.34. The summed E-state index contributed by atoms with van der Waals surface area (Å²) in [5.74, 6) is 2.20. The van der Waals surface area contributed by atoms with Crippen LogP contribution >= 0.6 is 15.9 Å². The lowest BCUT2D eigenvalue weighted by atomic mass is 9.79. The molecule has 0 spiro atoms. The van der Waals surface area contributed by atoms with Crippen LogP contribution in [0.2, 0.25) is 0 Å². The van der Waals surface area contributed by atoms with Crippen LogP contribution in [0, 0.1) is 6.92 Å². The van der Waals surface area contributed by atoms with E-state index in [2.05, 4.69) is 95.0 Å². The van der Waals surface area contributed by atoms with Gasteiger partial charge in [-0.3, -0.25) is 0 Å².